The number of rotatable bonds is 4. The fraction of sp³-hybridized carbons (Fsp3) is 0.562. The van der Waals surface area contributed by atoms with Crippen molar-refractivity contribution < 1.29 is 8.42 Å². The SMILES string of the molecule is CCCC1CCC(C#N)C(S(=O)(=O)c2ccccc2)C1. The number of nitrogens with zero attached hydrogens (tertiary/aromatic N) is 1. The predicted octanol–water partition coefficient (Wildman–Crippen LogP) is 3.57. The second-order valence-corrected chi connectivity index (χ2v) is 7.77. The Hall–Kier alpha value is -1.34. The van der Waals surface area contributed by atoms with E-state index in [4.69, 9.17) is 0 Å². The van der Waals surface area contributed by atoms with Gasteiger partial charge in [-0.2, -0.15) is 5.26 Å². The minimum absolute atomic E-state index is 0.349. The van der Waals surface area contributed by atoms with Crippen molar-refractivity contribution in [2.24, 2.45) is 11.8 Å². The Morgan fingerprint density at radius 1 is 1.25 bits per heavy atom. The van der Waals surface area contributed by atoms with Gasteiger partial charge in [-0.05, 0) is 37.3 Å². The first-order valence-electron chi connectivity index (χ1n) is 7.28. The summed E-state index contributed by atoms with van der Waals surface area (Å²) in [5.74, 6) is 0.0707. The Bertz CT molecular complexity index is 574. The molecule has 1 fully saturated rings. The van der Waals surface area contributed by atoms with E-state index in [1.807, 2.05) is 6.07 Å². The maximum Gasteiger partial charge on any atom is 0.182 e. The van der Waals surface area contributed by atoms with E-state index in [1.54, 1.807) is 24.3 Å². The fourth-order valence-corrected chi connectivity index (χ4v) is 5.20. The van der Waals surface area contributed by atoms with Gasteiger partial charge in [0, 0.05) is 0 Å². The third kappa shape index (κ3) is 3.04. The van der Waals surface area contributed by atoms with Crippen LogP contribution in [-0.4, -0.2) is 13.7 Å². The lowest BCUT2D eigenvalue weighted by molar-refractivity contribution is 0.299. The molecule has 20 heavy (non-hydrogen) atoms. The van der Waals surface area contributed by atoms with Gasteiger partial charge in [0.1, 0.15) is 0 Å². The van der Waals surface area contributed by atoms with Crippen LogP contribution in [0.25, 0.3) is 0 Å². The van der Waals surface area contributed by atoms with Crippen LogP contribution in [0.2, 0.25) is 0 Å². The van der Waals surface area contributed by atoms with Crippen LogP contribution in [0.1, 0.15) is 39.0 Å². The van der Waals surface area contributed by atoms with Crippen LogP contribution in [0.3, 0.4) is 0 Å². The lowest BCUT2D eigenvalue weighted by Crippen LogP contribution is -2.35. The highest BCUT2D eigenvalue weighted by atomic mass is 32.2. The molecule has 0 aliphatic heterocycles. The largest absolute Gasteiger partial charge is 0.223 e. The number of hydrogen-bond donors (Lipinski definition) is 0. The quantitative estimate of drug-likeness (QED) is 0.852. The van der Waals surface area contributed by atoms with E-state index in [1.165, 1.54) is 0 Å². The van der Waals surface area contributed by atoms with Crippen molar-refractivity contribution in [2.45, 2.75) is 49.2 Å². The highest BCUT2D eigenvalue weighted by Crippen LogP contribution is 2.37. The van der Waals surface area contributed by atoms with E-state index in [0.29, 0.717) is 23.7 Å². The second kappa shape index (κ2) is 6.41. The van der Waals surface area contributed by atoms with Gasteiger partial charge in [0.05, 0.1) is 22.1 Å². The number of benzene rings is 1. The zero-order valence-electron chi connectivity index (χ0n) is 11.8. The molecule has 0 saturated heterocycles. The van der Waals surface area contributed by atoms with Crippen LogP contribution >= 0.6 is 0 Å². The lowest BCUT2D eigenvalue weighted by atomic mass is 9.80. The Balaban J connectivity index is 2.29. The third-order valence-electron chi connectivity index (χ3n) is 4.23. The lowest BCUT2D eigenvalue weighted by Gasteiger charge is -2.32. The van der Waals surface area contributed by atoms with Crippen molar-refractivity contribution in [3.63, 3.8) is 0 Å². The Morgan fingerprint density at radius 2 is 1.95 bits per heavy atom. The standard InChI is InChI=1S/C16H21NO2S/c1-2-6-13-9-10-14(12-17)16(11-13)20(18,19)15-7-4-3-5-8-15/h3-5,7-8,13-14,16H,2,6,9-11H2,1H3. The normalized spacial score (nSPS) is 26.9. The smallest absolute Gasteiger partial charge is 0.182 e. The summed E-state index contributed by atoms with van der Waals surface area (Å²) < 4.78 is 25.5. The van der Waals surface area contributed by atoms with Gasteiger partial charge in [0.2, 0.25) is 0 Å². The Morgan fingerprint density at radius 3 is 2.55 bits per heavy atom. The van der Waals surface area contributed by atoms with Crippen molar-refractivity contribution in [1.82, 2.24) is 0 Å². The van der Waals surface area contributed by atoms with Crippen molar-refractivity contribution in [1.29, 1.82) is 5.26 Å². The first-order valence-corrected chi connectivity index (χ1v) is 8.82. The molecule has 2 rings (SSSR count). The molecule has 1 saturated carbocycles. The summed E-state index contributed by atoms with van der Waals surface area (Å²) in [6, 6.07) is 10.8. The molecular formula is C16H21NO2S. The van der Waals surface area contributed by atoms with Gasteiger partial charge >= 0.3 is 0 Å². The molecule has 0 spiro atoms. The highest BCUT2D eigenvalue weighted by Gasteiger charge is 2.39. The first kappa shape index (κ1) is 15.1. The zero-order valence-corrected chi connectivity index (χ0v) is 12.6. The summed E-state index contributed by atoms with van der Waals surface area (Å²) >= 11 is 0. The third-order valence-corrected chi connectivity index (χ3v) is 6.48. The number of sulfone groups is 1. The molecule has 1 aliphatic carbocycles. The minimum Gasteiger partial charge on any atom is -0.223 e. The van der Waals surface area contributed by atoms with E-state index >= 15 is 0 Å². The maximum absolute atomic E-state index is 12.8. The molecule has 4 heteroatoms. The van der Waals surface area contributed by atoms with Crippen LogP contribution in [0.5, 0.6) is 0 Å². The summed E-state index contributed by atoms with van der Waals surface area (Å²) in [6.07, 6.45) is 4.44. The highest BCUT2D eigenvalue weighted by molar-refractivity contribution is 7.92. The molecule has 108 valence electrons. The molecule has 1 aromatic rings. The Labute approximate surface area is 121 Å². The van der Waals surface area contributed by atoms with Crippen molar-refractivity contribution in [3.05, 3.63) is 30.3 Å². The summed E-state index contributed by atoms with van der Waals surface area (Å²) in [7, 11) is -3.40. The summed E-state index contributed by atoms with van der Waals surface area (Å²) in [5.41, 5.74) is 0. The molecule has 0 amide bonds. The van der Waals surface area contributed by atoms with E-state index < -0.39 is 15.1 Å². The number of nitriles is 1. The molecule has 1 aromatic carbocycles. The van der Waals surface area contributed by atoms with E-state index in [2.05, 4.69) is 13.0 Å². The maximum atomic E-state index is 12.8. The van der Waals surface area contributed by atoms with Crippen LogP contribution in [-0.2, 0) is 9.84 Å². The van der Waals surface area contributed by atoms with E-state index in [0.717, 1.165) is 19.3 Å². The fourth-order valence-electron chi connectivity index (χ4n) is 3.16. The molecule has 3 unspecified atom stereocenters. The molecule has 3 atom stereocenters. The van der Waals surface area contributed by atoms with Gasteiger partial charge in [-0.25, -0.2) is 8.42 Å². The van der Waals surface area contributed by atoms with Crippen molar-refractivity contribution in [3.8, 4) is 6.07 Å². The average molecular weight is 291 g/mol. The van der Waals surface area contributed by atoms with Crippen molar-refractivity contribution in [2.75, 3.05) is 0 Å². The molecule has 0 heterocycles. The molecule has 0 radical (unpaired) electrons. The molecule has 0 N–H and O–H groups in total. The summed E-state index contributed by atoms with van der Waals surface area (Å²) in [5, 5.41) is 8.73. The van der Waals surface area contributed by atoms with Gasteiger partial charge < -0.3 is 0 Å². The summed E-state index contributed by atoms with van der Waals surface area (Å²) in [6.45, 7) is 2.12. The van der Waals surface area contributed by atoms with E-state index in [9.17, 15) is 13.7 Å². The predicted molar refractivity (Wildman–Crippen MR) is 78.8 cm³/mol. The second-order valence-electron chi connectivity index (χ2n) is 5.60. The first-order chi connectivity index (χ1) is 9.59. The van der Waals surface area contributed by atoms with Crippen LogP contribution < -0.4 is 0 Å². The van der Waals surface area contributed by atoms with Gasteiger partial charge in [-0.15, -0.1) is 0 Å². The summed E-state index contributed by atoms with van der Waals surface area (Å²) in [4.78, 5) is 0.349. The minimum atomic E-state index is -3.40. The molecular weight excluding hydrogens is 270 g/mol. The number of hydrogen-bond acceptors (Lipinski definition) is 3. The zero-order chi connectivity index (χ0) is 14.6. The van der Waals surface area contributed by atoms with Crippen LogP contribution in [0.4, 0.5) is 0 Å². The van der Waals surface area contributed by atoms with Crippen molar-refractivity contribution >= 4 is 9.84 Å². The van der Waals surface area contributed by atoms with Gasteiger partial charge in [-0.3, -0.25) is 0 Å². The van der Waals surface area contributed by atoms with Gasteiger partial charge in [0.15, 0.2) is 9.84 Å². The average Bonchev–Trinajstić information content (AvgIpc) is 2.48. The molecule has 3 nitrogen and oxygen atoms in total. The van der Waals surface area contributed by atoms with Gasteiger partial charge in [-0.1, -0.05) is 38.0 Å². The van der Waals surface area contributed by atoms with Crippen LogP contribution in [0.15, 0.2) is 35.2 Å². The molecule has 0 aromatic heterocycles. The molecule has 1 aliphatic rings. The van der Waals surface area contributed by atoms with E-state index in [-0.39, 0.29) is 5.92 Å². The van der Waals surface area contributed by atoms with Gasteiger partial charge in [0.25, 0.3) is 0 Å². The monoisotopic (exact) mass is 291 g/mol. The van der Waals surface area contributed by atoms with Crippen LogP contribution in [0, 0.1) is 23.2 Å². The Kier molecular flexibility index (Phi) is 4.82. The molecule has 0 bridgehead atoms. The topological polar surface area (TPSA) is 57.9 Å².